The van der Waals surface area contributed by atoms with Gasteiger partial charge in [0.2, 0.25) is 5.91 Å². The largest absolute Gasteiger partial charge is 0.368 e. The van der Waals surface area contributed by atoms with Crippen LogP contribution in [0.25, 0.3) is 5.69 Å². The molecule has 0 radical (unpaired) electrons. The van der Waals surface area contributed by atoms with Crippen LogP contribution in [-0.4, -0.2) is 31.7 Å². The van der Waals surface area contributed by atoms with E-state index >= 15 is 0 Å². The monoisotopic (exact) mass is 287 g/mol. The van der Waals surface area contributed by atoms with Gasteiger partial charge in [0.15, 0.2) is 0 Å². The van der Waals surface area contributed by atoms with Crippen LogP contribution in [0.2, 0.25) is 0 Å². The normalized spacial score (nSPS) is 15.7. The lowest BCUT2D eigenvalue weighted by atomic mass is 10.2. The van der Waals surface area contributed by atoms with Gasteiger partial charge in [-0.05, 0) is 48.2 Å². The highest BCUT2D eigenvalue weighted by Crippen LogP contribution is 2.32. The van der Waals surface area contributed by atoms with E-state index in [1.165, 1.54) is 4.68 Å². The van der Waals surface area contributed by atoms with E-state index in [0.29, 0.717) is 11.6 Å². The van der Waals surface area contributed by atoms with E-state index in [1.54, 1.807) is 12.1 Å². The fraction of sp³-hybridized carbons (Fsp3) is 0.429. The number of para-hydroxylation sites is 1. The Morgan fingerprint density at radius 1 is 1.33 bits per heavy atom. The Hall–Kier alpha value is -2.44. The van der Waals surface area contributed by atoms with Gasteiger partial charge in [0.25, 0.3) is 0 Å². The molecule has 1 aliphatic rings. The molecule has 0 aliphatic heterocycles. The van der Waals surface area contributed by atoms with Gasteiger partial charge in [-0.15, -0.1) is 0 Å². The van der Waals surface area contributed by atoms with Crippen LogP contribution in [0.3, 0.4) is 0 Å². The smallest absolute Gasteiger partial charge is 0.352 e. The summed E-state index contributed by atoms with van der Waals surface area (Å²) in [4.78, 5) is 24.1. The van der Waals surface area contributed by atoms with Crippen LogP contribution >= 0.6 is 0 Å². The molecule has 1 atom stereocenters. The number of nitrogens with one attached hydrogen (secondary N) is 1. The van der Waals surface area contributed by atoms with Crippen molar-refractivity contribution in [2.24, 2.45) is 5.92 Å². The van der Waals surface area contributed by atoms with Crippen LogP contribution in [-0.2, 0) is 11.3 Å². The number of hydrogen-bond donors (Lipinski definition) is 1. The number of carbonyl (C=O) groups excluding carboxylic acids is 1. The van der Waals surface area contributed by atoms with Crippen molar-refractivity contribution < 1.29 is 4.79 Å². The Morgan fingerprint density at radius 3 is 2.71 bits per heavy atom. The van der Waals surface area contributed by atoms with Crippen LogP contribution < -0.4 is 11.0 Å². The topological polar surface area (TPSA) is 81.8 Å². The van der Waals surface area contributed by atoms with Gasteiger partial charge in [-0.3, -0.25) is 4.79 Å². The predicted octanol–water partition coefficient (Wildman–Crippen LogP) is 0.344. The Kier molecular flexibility index (Phi) is 3.55. The Bertz CT molecular complexity index is 687. The average molecular weight is 287 g/mol. The van der Waals surface area contributed by atoms with E-state index in [4.69, 9.17) is 0 Å². The summed E-state index contributed by atoms with van der Waals surface area (Å²) >= 11 is 0. The minimum atomic E-state index is -0.421. The summed E-state index contributed by atoms with van der Waals surface area (Å²) in [5, 5.41) is 10.4. The van der Waals surface area contributed by atoms with Crippen LogP contribution in [0, 0.1) is 5.92 Å². The minimum Gasteiger partial charge on any atom is -0.352 e. The van der Waals surface area contributed by atoms with Crippen LogP contribution in [0.4, 0.5) is 0 Å². The zero-order chi connectivity index (χ0) is 14.8. The third kappa shape index (κ3) is 3.01. The van der Waals surface area contributed by atoms with Gasteiger partial charge < -0.3 is 5.32 Å². The van der Waals surface area contributed by atoms with Gasteiger partial charge in [-0.1, -0.05) is 18.2 Å². The van der Waals surface area contributed by atoms with Crippen molar-refractivity contribution in [2.75, 3.05) is 0 Å². The lowest BCUT2D eigenvalue weighted by molar-refractivity contribution is -0.122. The fourth-order valence-corrected chi connectivity index (χ4v) is 2.25. The fourth-order valence-electron chi connectivity index (χ4n) is 2.25. The Morgan fingerprint density at radius 2 is 2.05 bits per heavy atom. The van der Waals surface area contributed by atoms with E-state index in [-0.39, 0.29) is 18.5 Å². The Labute approximate surface area is 121 Å². The van der Waals surface area contributed by atoms with Crippen molar-refractivity contribution in [1.29, 1.82) is 0 Å². The van der Waals surface area contributed by atoms with Gasteiger partial charge in [0, 0.05) is 6.04 Å². The second-order valence-corrected chi connectivity index (χ2v) is 5.36. The lowest BCUT2D eigenvalue weighted by Crippen LogP contribution is -2.38. The number of rotatable bonds is 5. The molecule has 1 aromatic carbocycles. The van der Waals surface area contributed by atoms with Crippen molar-refractivity contribution in [3.8, 4) is 5.69 Å². The van der Waals surface area contributed by atoms with Crippen molar-refractivity contribution >= 4 is 5.91 Å². The molecule has 0 spiro atoms. The maximum absolute atomic E-state index is 12.2. The zero-order valence-corrected chi connectivity index (χ0v) is 11.8. The summed E-state index contributed by atoms with van der Waals surface area (Å²) in [6, 6.07) is 9.14. The number of nitrogens with zero attached hydrogens (tertiary/aromatic N) is 4. The summed E-state index contributed by atoms with van der Waals surface area (Å²) in [6.45, 7) is 1.88. The van der Waals surface area contributed by atoms with Gasteiger partial charge in [-0.25, -0.2) is 4.79 Å². The molecule has 2 aromatic rings. The number of benzene rings is 1. The molecule has 0 bridgehead atoms. The average Bonchev–Trinajstić information content (AvgIpc) is 3.27. The molecule has 1 N–H and O–H groups in total. The van der Waals surface area contributed by atoms with E-state index < -0.39 is 5.69 Å². The molecule has 1 amide bonds. The molecule has 1 fully saturated rings. The molecule has 7 nitrogen and oxygen atoms in total. The molecule has 110 valence electrons. The van der Waals surface area contributed by atoms with Gasteiger partial charge in [0.1, 0.15) is 6.54 Å². The quantitative estimate of drug-likeness (QED) is 0.860. The molecular formula is C14H17N5O2. The summed E-state index contributed by atoms with van der Waals surface area (Å²) in [5.41, 5.74) is 0.205. The van der Waals surface area contributed by atoms with Gasteiger partial charge in [-0.2, -0.15) is 9.36 Å². The molecule has 1 aliphatic carbocycles. The molecular weight excluding hydrogens is 270 g/mol. The second-order valence-electron chi connectivity index (χ2n) is 5.36. The number of carbonyl (C=O) groups is 1. The van der Waals surface area contributed by atoms with E-state index in [9.17, 15) is 9.59 Å². The second kappa shape index (κ2) is 5.51. The number of aromatic nitrogens is 4. The summed E-state index contributed by atoms with van der Waals surface area (Å²) in [6.07, 6.45) is 2.32. The van der Waals surface area contributed by atoms with Crippen LogP contribution in [0.5, 0.6) is 0 Å². The summed E-state index contributed by atoms with van der Waals surface area (Å²) < 4.78 is 2.25. The highest BCUT2D eigenvalue weighted by molar-refractivity contribution is 5.75. The van der Waals surface area contributed by atoms with E-state index in [1.807, 2.05) is 25.1 Å². The molecule has 1 aromatic heterocycles. The highest BCUT2D eigenvalue weighted by Gasteiger charge is 2.29. The van der Waals surface area contributed by atoms with Gasteiger partial charge >= 0.3 is 5.69 Å². The predicted molar refractivity (Wildman–Crippen MR) is 75.9 cm³/mol. The molecule has 21 heavy (non-hydrogen) atoms. The maximum Gasteiger partial charge on any atom is 0.368 e. The first-order valence-corrected chi connectivity index (χ1v) is 7.03. The number of amides is 1. The van der Waals surface area contributed by atoms with Crippen molar-refractivity contribution in [1.82, 2.24) is 25.1 Å². The minimum absolute atomic E-state index is 0.108. The highest BCUT2D eigenvalue weighted by atomic mass is 16.2. The maximum atomic E-state index is 12.2. The molecule has 1 heterocycles. The molecule has 3 rings (SSSR count). The molecule has 0 unspecified atom stereocenters. The summed E-state index contributed by atoms with van der Waals surface area (Å²) in [5.74, 6) is 0.363. The van der Waals surface area contributed by atoms with E-state index in [2.05, 4.69) is 15.7 Å². The molecule has 1 saturated carbocycles. The zero-order valence-electron chi connectivity index (χ0n) is 11.8. The Balaban J connectivity index is 1.70. The van der Waals surface area contributed by atoms with Crippen molar-refractivity contribution in [3.05, 3.63) is 40.8 Å². The number of hydrogen-bond acceptors (Lipinski definition) is 4. The number of tetrazole rings is 1. The van der Waals surface area contributed by atoms with Crippen LogP contribution in [0.15, 0.2) is 35.1 Å². The van der Waals surface area contributed by atoms with Crippen LogP contribution in [0.1, 0.15) is 19.8 Å². The van der Waals surface area contributed by atoms with Gasteiger partial charge in [0.05, 0.1) is 5.69 Å². The third-order valence-corrected chi connectivity index (χ3v) is 3.65. The first kappa shape index (κ1) is 13.5. The summed E-state index contributed by atoms with van der Waals surface area (Å²) in [7, 11) is 0. The van der Waals surface area contributed by atoms with Crippen molar-refractivity contribution in [2.45, 2.75) is 32.4 Å². The molecule has 0 saturated heterocycles. The standard InChI is InChI=1S/C14H17N5O2/c1-10(11-7-8-11)15-13(20)9-18-14(21)19(17-16-18)12-5-3-2-4-6-12/h2-6,10-11H,7-9H2,1H3,(H,15,20)/t10-/m0/s1. The van der Waals surface area contributed by atoms with Crippen molar-refractivity contribution in [3.63, 3.8) is 0 Å². The first-order valence-electron chi connectivity index (χ1n) is 7.03. The molecule has 7 heteroatoms. The SMILES string of the molecule is C[C@H](NC(=O)Cn1nnn(-c2ccccc2)c1=O)C1CC1. The lowest BCUT2D eigenvalue weighted by Gasteiger charge is -2.11. The van der Waals surface area contributed by atoms with E-state index in [0.717, 1.165) is 17.5 Å². The third-order valence-electron chi connectivity index (χ3n) is 3.65. The first-order chi connectivity index (χ1) is 10.1.